The van der Waals surface area contributed by atoms with Crippen LogP contribution in [0.2, 0.25) is 0 Å². The zero-order chi connectivity index (χ0) is 9.84. The van der Waals surface area contributed by atoms with Crippen molar-refractivity contribution in [2.45, 2.75) is 6.92 Å². The summed E-state index contributed by atoms with van der Waals surface area (Å²) in [6.07, 6.45) is 1.32. The minimum absolute atomic E-state index is 0.0394. The first kappa shape index (κ1) is 9.18. The first-order chi connectivity index (χ1) is 6.11. The molecule has 0 saturated carbocycles. The van der Waals surface area contributed by atoms with E-state index in [4.69, 9.17) is 5.11 Å². The zero-order valence-electron chi connectivity index (χ0n) is 6.85. The van der Waals surface area contributed by atoms with Crippen LogP contribution in [-0.2, 0) is 4.79 Å². The third kappa shape index (κ3) is 2.26. The first-order valence-corrected chi connectivity index (χ1v) is 3.48. The summed E-state index contributed by atoms with van der Waals surface area (Å²) in [5.74, 6) is -1.84. The molecule has 0 fully saturated rings. The van der Waals surface area contributed by atoms with E-state index in [9.17, 15) is 9.59 Å². The van der Waals surface area contributed by atoms with Gasteiger partial charge >= 0.3 is 11.9 Å². The second-order valence-corrected chi connectivity index (χ2v) is 2.25. The number of hydrogen-bond donors (Lipinski definition) is 1. The van der Waals surface area contributed by atoms with Crippen molar-refractivity contribution in [3.05, 3.63) is 24.0 Å². The summed E-state index contributed by atoms with van der Waals surface area (Å²) in [5, 5.41) is 8.62. The number of carbonyl (C=O) groups excluding carboxylic acids is 1. The van der Waals surface area contributed by atoms with E-state index >= 15 is 0 Å². The van der Waals surface area contributed by atoms with Crippen molar-refractivity contribution in [1.82, 2.24) is 4.98 Å². The Labute approximate surface area is 74.0 Å². The van der Waals surface area contributed by atoms with Crippen LogP contribution in [0.25, 0.3) is 0 Å². The molecule has 1 rings (SSSR count). The Morgan fingerprint density at radius 2 is 2.23 bits per heavy atom. The predicted octanol–water partition coefficient (Wildman–Crippen LogP) is 0.705. The van der Waals surface area contributed by atoms with E-state index in [0.29, 0.717) is 0 Å². The largest absolute Gasteiger partial charge is 0.476 e. The second-order valence-electron chi connectivity index (χ2n) is 2.25. The number of carboxylic acid groups (broad SMARTS) is 1. The first-order valence-electron chi connectivity index (χ1n) is 3.48. The van der Waals surface area contributed by atoms with Crippen LogP contribution in [0.4, 0.5) is 0 Å². The summed E-state index contributed by atoms with van der Waals surface area (Å²) < 4.78 is 4.62. The molecule has 0 saturated heterocycles. The number of ether oxygens (including phenoxy) is 1. The number of carbonyl (C=O) groups is 2. The normalized spacial score (nSPS) is 9.31. The van der Waals surface area contributed by atoms with Crippen LogP contribution in [-0.4, -0.2) is 22.0 Å². The van der Waals surface area contributed by atoms with Crippen LogP contribution in [0.5, 0.6) is 5.75 Å². The van der Waals surface area contributed by atoms with E-state index < -0.39 is 11.9 Å². The molecule has 1 aromatic rings. The van der Waals surface area contributed by atoms with E-state index in [1.807, 2.05) is 0 Å². The lowest BCUT2D eigenvalue weighted by Gasteiger charge is -2.02. The van der Waals surface area contributed by atoms with E-state index in [-0.39, 0.29) is 11.4 Å². The molecule has 5 heteroatoms. The number of nitrogens with zero attached hydrogens (tertiary/aromatic N) is 1. The maximum Gasteiger partial charge on any atom is 0.358 e. The van der Waals surface area contributed by atoms with Crippen molar-refractivity contribution in [3.63, 3.8) is 0 Å². The van der Waals surface area contributed by atoms with Crippen molar-refractivity contribution < 1.29 is 19.4 Å². The molecule has 0 amide bonds. The molecule has 68 valence electrons. The maximum atomic E-state index is 10.5. The molecular formula is C8H7NO4. The molecule has 1 heterocycles. The number of pyridine rings is 1. The molecule has 0 radical (unpaired) electrons. The third-order valence-electron chi connectivity index (χ3n) is 1.23. The average molecular weight is 181 g/mol. The van der Waals surface area contributed by atoms with E-state index in [2.05, 4.69) is 9.72 Å². The Balaban J connectivity index is 3.04. The molecule has 1 aromatic heterocycles. The highest BCUT2D eigenvalue weighted by molar-refractivity contribution is 5.89. The molecule has 1 N–H and O–H groups in total. The topological polar surface area (TPSA) is 76.5 Å². The van der Waals surface area contributed by atoms with Gasteiger partial charge in [-0.05, 0) is 12.1 Å². The maximum absolute atomic E-state index is 10.5. The van der Waals surface area contributed by atoms with Crippen molar-refractivity contribution in [3.8, 4) is 5.75 Å². The predicted molar refractivity (Wildman–Crippen MR) is 42.5 cm³/mol. The number of esters is 1. The van der Waals surface area contributed by atoms with Gasteiger partial charge in [-0.15, -0.1) is 0 Å². The summed E-state index contributed by atoms with van der Waals surface area (Å²) in [6.45, 7) is 1.19. The van der Waals surface area contributed by atoms with Crippen molar-refractivity contribution >= 4 is 11.9 Å². The molecule has 13 heavy (non-hydrogen) atoms. The highest BCUT2D eigenvalue weighted by atomic mass is 16.5. The van der Waals surface area contributed by atoms with Gasteiger partial charge in [0.15, 0.2) is 11.4 Å². The Hall–Kier alpha value is -1.91. The zero-order valence-corrected chi connectivity index (χ0v) is 6.85. The number of hydrogen-bond acceptors (Lipinski definition) is 4. The molecule has 0 spiro atoms. The van der Waals surface area contributed by atoms with Gasteiger partial charge in [-0.2, -0.15) is 0 Å². The van der Waals surface area contributed by atoms with Gasteiger partial charge in [0.05, 0.1) is 0 Å². The van der Waals surface area contributed by atoms with Crippen LogP contribution in [0, 0.1) is 0 Å². The van der Waals surface area contributed by atoms with Gasteiger partial charge < -0.3 is 9.84 Å². The lowest BCUT2D eigenvalue weighted by molar-refractivity contribution is -0.131. The van der Waals surface area contributed by atoms with Crippen LogP contribution < -0.4 is 4.74 Å². The standard InChI is InChI=1S/C8H7NO4/c1-5(10)13-6-3-2-4-9-7(6)8(11)12/h2-4H,1H3,(H,11,12). The molecule has 0 aliphatic rings. The summed E-state index contributed by atoms with van der Waals surface area (Å²) in [7, 11) is 0. The Kier molecular flexibility index (Phi) is 2.59. The number of aromatic carboxylic acids is 1. The summed E-state index contributed by atoms with van der Waals surface area (Å²) in [5.41, 5.74) is -0.266. The summed E-state index contributed by atoms with van der Waals surface area (Å²) >= 11 is 0. The van der Waals surface area contributed by atoms with Gasteiger partial charge in [-0.25, -0.2) is 9.78 Å². The molecule has 0 atom stereocenters. The monoisotopic (exact) mass is 181 g/mol. The Morgan fingerprint density at radius 3 is 2.77 bits per heavy atom. The summed E-state index contributed by atoms with van der Waals surface area (Å²) in [4.78, 5) is 24.6. The van der Waals surface area contributed by atoms with Gasteiger partial charge in [0.25, 0.3) is 0 Å². The molecule has 0 bridgehead atoms. The molecule has 0 aliphatic carbocycles. The molecule has 0 unspecified atom stereocenters. The lowest BCUT2D eigenvalue weighted by atomic mass is 10.3. The van der Waals surface area contributed by atoms with E-state index in [1.54, 1.807) is 0 Å². The minimum atomic E-state index is -1.23. The fourth-order valence-corrected chi connectivity index (χ4v) is 0.788. The summed E-state index contributed by atoms with van der Waals surface area (Å²) in [6, 6.07) is 2.86. The fraction of sp³-hybridized carbons (Fsp3) is 0.125. The smallest absolute Gasteiger partial charge is 0.358 e. The molecule has 5 nitrogen and oxygen atoms in total. The van der Waals surface area contributed by atoms with E-state index in [0.717, 1.165) is 0 Å². The highest BCUT2D eigenvalue weighted by Gasteiger charge is 2.13. The number of aromatic nitrogens is 1. The number of carboxylic acids is 1. The van der Waals surface area contributed by atoms with Gasteiger partial charge in [0.2, 0.25) is 0 Å². The van der Waals surface area contributed by atoms with E-state index in [1.165, 1.54) is 25.3 Å². The van der Waals surface area contributed by atoms with Crippen LogP contribution in [0.15, 0.2) is 18.3 Å². The van der Waals surface area contributed by atoms with Gasteiger partial charge in [-0.1, -0.05) is 0 Å². The van der Waals surface area contributed by atoms with Gasteiger partial charge in [-0.3, -0.25) is 4.79 Å². The minimum Gasteiger partial charge on any atom is -0.476 e. The highest BCUT2D eigenvalue weighted by Crippen LogP contribution is 2.14. The van der Waals surface area contributed by atoms with Crippen molar-refractivity contribution in [1.29, 1.82) is 0 Å². The fourth-order valence-electron chi connectivity index (χ4n) is 0.788. The Morgan fingerprint density at radius 1 is 1.54 bits per heavy atom. The van der Waals surface area contributed by atoms with Crippen molar-refractivity contribution in [2.24, 2.45) is 0 Å². The van der Waals surface area contributed by atoms with Gasteiger partial charge in [0, 0.05) is 13.1 Å². The SMILES string of the molecule is CC(=O)Oc1cccnc1C(=O)O. The average Bonchev–Trinajstić information content (AvgIpc) is 2.03. The third-order valence-corrected chi connectivity index (χ3v) is 1.23. The van der Waals surface area contributed by atoms with Crippen LogP contribution in [0.1, 0.15) is 17.4 Å². The lowest BCUT2D eigenvalue weighted by Crippen LogP contribution is -2.08. The van der Waals surface area contributed by atoms with Crippen LogP contribution in [0.3, 0.4) is 0 Å². The second kappa shape index (κ2) is 3.66. The molecular weight excluding hydrogens is 174 g/mol. The van der Waals surface area contributed by atoms with Gasteiger partial charge in [0.1, 0.15) is 0 Å². The quantitative estimate of drug-likeness (QED) is 0.679. The van der Waals surface area contributed by atoms with Crippen molar-refractivity contribution in [2.75, 3.05) is 0 Å². The number of rotatable bonds is 2. The Bertz CT molecular complexity index is 348. The molecule has 0 aromatic carbocycles. The van der Waals surface area contributed by atoms with Crippen LogP contribution >= 0.6 is 0 Å². The molecule has 0 aliphatic heterocycles.